The average molecular weight is 409 g/mol. The number of unbranched alkanes of at least 4 members (excludes halogenated alkanes) is 1. The highest BCUT2D eigenvalue weighted by atomic mass is 32.2. The summed E-state index contributed by atoms with van der Waals surface area (Å²) >= 11 is 0. The number of carbonyl (C=O) groups is 1. The van der Waals surface area contributed by atoms with Gasteiger partial charge in [0.1, 0.15) is 5.60 Å². The lowest BCUT2D eigenvalue weighted by atomic mass is 9.79. The Morgan fingerprint density at radius 3 is 2.22 bits per heavy atom. The molecule has 0 aromatic carbocycles. The molecule has 1 rings (SSSR count). The summed E-state index contributed by atoms with van der Waals surface area (Å²) in [6.45, 7) is 12.2. The second-order valence-electron chi connectivity index (χ2n) is 8.52. The zero-order valence-electron chi connectivity index (χ0n) is 17.7. The molecule has 1 aliphatic rings. The summed E-state index contributed by atoms with van der Waals surface area (Å²) in [5, 5.41) is 0. The molecule has 1 aliphatic heterocycles. The number of esters is 1. The zero-order chi connectivity index (χ0) is 20.8. The van der Waals surface area contributed by atoms with E-state index < -0.39 is 22.0 Å². The van der Waals surface area contributed by atoms with Gasteiger partial charge in [-0.05, 0) is 45.4 Å². The SMILES string of the molecule is CC1C(COS(C)(=O)=O)OC(OCCCCC(=O)OC(C)(C)C)C(C)C1C. The standard InChI is InChI=1S/C19H36O7S/c1-13-14(2)16(12-24-27(7,21)22)25-18(15(13)3)23-11-9-8-10-17(20)26-19(4,5)6/h13-16,18H,8-12H2,1-7H3. The fourth-order valence-electron chi connectivity index (χ4n) is 3.02. The van der Waals surface area contributed by atoms with Crippen molar-refractivity contribution in [2.24, 2.45) is 17.8 Å². The van der Waals surface area contributed by atoms with Gasteiger partial charge in [-0.15, -0.1) is 0 Å². The summed E-state index contributed by atoms with van der Waals surface area (Å²) in [4.78, 5) is 11.7. The first-order chi connectivity index (χ1) is 12.3. The molecule has 0 aromatic heterocycles. The van der Waals surface area contributed by atoms with Gasteiger partial charge in [-0.25, -0.2) is 0 Å². The average Bonchev–Trinajstić information content (AvgIpc) is 2.50. The maximum absolute atomic E-state index is 11.7. The van der Waals surface area contributed by atoms with Crippen LogP contribution >= 0.6 is 0 Å². The minimum Gasteiger partial charge on any atom is -0.460 e. The highest BCUT2D eigenvalue weighted by molar-refractivity contribution is 7.85. The smallest absolute Gasteiger partial charge is 0.306 e. The lowest BCUT2D eigenvalue weighted by Gasteiger charge is -2.43. The summed E-state index contributed by atoms with van der Waals surface area (Å²) in [6.07, 6.45) is 2.05. The Bertz CT molecular complexity index is 567. The van der Waals surface area contributed by atoms with Crippen molar-refractivity contribution in [3.63, 3.8) is 0 Å². The van der Waals surface area contributed by atoms with E-state index in [1.54, 1.807) is 0 Å². The van der Waals surface area contributed by atoms with Crippen LogP contribution in [0.2, 0.25) is 0 Å². The minimum absolute atomic E-state index is 0.00440. The molecule has 0 spiro atoms. The van der Waals surface area contributed by atoms with E-state index in [0.29, 0.717) is 25.4 Å². The van der Waals surface area contributed by atoms with Crippen molar-refractivity contribution < 1.29 is 31.6 Å². The molecular formula is C19H36O7S. The highest BCUT2D eigenvalue weighted by Gasteiger charge is 2.40. The van der Waals surface area contributed by atoms with Crippen molar-refractivity contribution in [3.8, 4) is 0 Å². The summed E-state index contributed by atoms with van der Waals surface area (Å²) in [5.41, 5.74) is -0.463. The van der Waals surface area contributed by atoms with E-state index in [0.717, 1.165) is 12.7 Å². The van der Waals surface area contributed by atoms with Gasteiger partial charge in [0, 0.05) is 18.9 Å². The Balaban J connectivity index is 2.41. The lowest BCUT2D eigenvalue weighted by molar-refractivity contribution is -0.252. The van der Waals surface area contributed by atoms with Crippen molar-refractivity contribution in [2.75, 3.05) is 19.5 Å². The van der Waals surface area contributed by atoms with Crippen LogP contribution in [0.15, 0.2) is 0 Å². The molecule has 0 amide bonds. The van der Waals surface area contributed by atoms with Crippen molar-refractivity contribution in [3.05, 3.63) is 0 Å². The van der Waals surface area contributed by atoms with Gasteiger partial charge in [-0.2, -0.15) is 8.42 Å². The maximum atomic E-state index is 11.7. The number of rotatable bonds is 9. The molecule has 160 valence electrons. The zero-order valence-corrected chi connectivity index (χ0v) is 18.5. The molecule has 5 unspecified atom stereocenters. The van der Waals surface area contributed by atoms with E-state index in [-0.39, 0.29) is 30.5 Å². The molecule has 0 radical (unpaired) electrons. The van der Waals surface area contributed by atoms with Gasteiger partial charge in [0.2, 0.25) is 0 Å². The Hall–Kier alpha value is -0.700. The molecule has 7 nitrogen and oxygen atoms in total. The van der Waals surface area contributed by atoms with E-state index in [1.165, 1.54) is 0 Å². The molecule has 1 heterocycles. The maximum Gasteiger partial charge on any atom is 0.306 e. The number of carbonyl (C=O) groups excluding carboxylic acids is 1. The number of ether oxygens (including phenoxy) is 3. The molecule has 5 atom stereocenters. The van der Waals surface area contributed by atoms with Gasteiger partial charge in [-0.1, -0.05) is 20.8 Å². The second kappa shape index (κ2) is 10.2. The van der Waals surface area contributed by atoms with Crippen LogP contribution in [-0.4, -0.2) is 51.9 Å². The van der Waals surface area contributed by atoms with Gasteiger partial charge in [0.15, 0.2) is 6.29 Å². The largest absolute Gasteiger partial charge is 0.460 e. The Morgan fingerprint density at radius 2 is 1.67 bits per heavy atom. The Kier molecular flexibility index (Phi) is 9.18. The third-order valence-corrected chi connectivity index (χ3v) is 5.47. The molecule has 0 N–H and O–H groups in total. The van der Waals surface area contributed by atoms with Gasteiger partial charge in [-0.3, -0.25) is 8.98 Å². The normalized spacial score (nSPS) is 29.5. The quantitative estimate of drug-likeness (QED) is 0.329. The lowest BCUT2D eigenvalue weighted by Crippen LogP contribution is -2.47. The van der Waals surface area contributed by atoms with Crippen LogP contribution in [0.5, 0.6) is 0 Å². The molecule has 1 saturated heterocycles. The van der Waals surface area contributed by atoms with Crippen molar-refractivity contribution in [1.29, 1.82) is 0 Å². The monoisotopic (exact) mass is 408 g/mol. The van der Waals surface area contributed by atoms with Crippen molar-refractivity contribution in [1.82, 2.24) is 0 Å². The van der Waals surface area contributed by atoms with Crippen LogP contribution in [-0.2, 0) is 33.3 Å². The molecule has 0 aromatic rings. The Labute approximate surface area is 164 Å². The first-order valence-corrected chi connectivity index (χ1v) is 11.4. The molecule has 27 heavy (non-hydrogen) atoms. The van der Waals surface area contributed by atoms with Crippen LogP contribution in [0, 0.1) is 17.8 Å². The Morgan fingerprint density at radius 1 is 1.04 bits per heavy atom. The van der Waals surface area contributed by atoms with Gasteiger partial charge >= 0.3 is 5.97 Å². The second-order valence-corrected chi connectivity index (χ2v) is 10.2. The van der Waals surface area contributed by atoms with Gasteiger partial charge in [0.05, 0.1) is 19.0 Å². The molecule has 1 fully saturated rings. The van der Waals surface area contributed by atoms with Crippen LogP contribution in [0.4, 0.5) is 0 Å². The van der Waals surface area contributed by atoms with Crippen molar-refractivity contribution in [2.45, 2.75) is 78.8 Å². The summed E-state index contributed by atoms with van der Waals surface area (Å²) in [7, 11) is -3.51. The van der Waals surface area contributed by atoms with Crippen LogP contribution in [0.25, 0.3) is 0 Å². The highest BCUT2D eigenvalue weighted by Crippen LogP contribution is 2.35. The van der Waals surface area contributed by atoms with E-state index in [2.05, 4.69) is 13.8 Å². The predicted octanol–water partition coefficient (Wildman–Crippen LogP) is 3.12. The van der Waals surface area contributed by atoms with Crippen LogP contribution in [0.1, 0.15) is 60.8 Å². The fraction of sp³-hybridized carbons (Fsp3) is 0.947. The van der Waals surface area contributed by atoms with E-state index in [4.69, 9.17) is 18.4 Å². The third kappa shape index (κ3) is 9.36. The number of hydrogen-bond acceptors (Lipinski definition) is 7. The first kappa shape index (κ1) is 24.3. The predicted molar refractivity (Wildman–Crippen MR) is 103 cm³/mol. The molecule has 8 heteroatoms. The van der Waals surface area contributed by atoms with E-state index >= 15 is 0 Å². The summed E-state index contributed by atoms with van der Waals surface area (Å²) in [6, 6.07) is 0. The third-order valence-electron chi connectivity index (χ3n) is 4.91. The molecule has 0 bridgehead atoms. The number of hydrogen-bond donors (Lipinski definition) is 0. The topological polar surface area (TPSA) is 88.1 Å². The van der Waals surface area contributed by atoms with Crippen LogP contribution in [0.3, 0.4) is 0 Å². The van der Waals surface area contributed by atoms with E-state index in [1.807, 2.05) is 27.7 Å². The van der Waals surface area contributed by atoms with Crippen molar-refractivity contribution >= 4 is 16.1 Å². The molecular weight excluding hydrogens is 372 g/mol. The van der Waals surface area contributed by atoms with Gasteiger partial charge in [0.25, 0.3) is 10.1 Å². The van der Waals surface area contributed by atoms with Crippen LogP contribution < -0.4 is 0 Å². The summed E-state index contributed by atoms with van der Waals surface area (Å²) in [5.74, 6) is 0.443. The minimum atomic E-state index is -3.51. The molecule has 0 aliphatic carbocycles. The first-order valence-electron chi connectivity index (χ1n) is 9.63. The fourth-order valence-corrected chi connectivity index (χ4v) is 3.40. The van der Waals surface area contributed by atoms with E-state index in [9.17, 15) is 13.2 Å². The molecule has 0 saturated carbocycles. The summed E-state index contributed by atoms with van der Waals surface area (Å²) < 4.78 is 44.5. The van der Waals surface area contributed by atoms with Gasteiger partial charge < -0.3 is 14.2 Å².